The van der Waals surface area contributed by atoms with Gasteiger partial charge in [-0.15, -0.1) is 12.4 Å². The highest BCUT2D eigenvalue weighted by molar-refractivity contribution is 5.85. The molecule has 2 aliphatic heterocycles. The molecule has 7 heteroatoms. The summed E-state index contributed by atoms with van der Waals surface area (Å²) in [5, 5.41) is 0. The van der Waals surface area contributed by atoms with Crippen LogP contribution in [0.5, 0.6) is 0 Å². The maximum atomic E-state index is 12.5. The van der Waals surface area contributed by atoms with Crippen LogP contribution in [0.1, 0.15) is 39.5 Å². The lowest BCUT2D eigenvalue weighted by Crippen LogP contribution is -2.48. The van der Waals surface area contributed by atoms with Crippen LogP contribution in [0.4, 0.5) is 0 Å². The molecule has 2 amide bonds. The van der Waals surface area contributed by atoms with Gasteiger partial charge in [-0.1, -0.05) is 20.3 Å². The van der Waals surface area contributed by atoms with Crippen LogP contribution in [0.25, 0.3) is 0 Å². The van der Waals surface area contributed by atoms with E-state index in [2.05, 4.69) is 11.8 Å². The van der Waals surface area contributed by atoms with Gasteiger partial charge in [0.1, 0.15) is 0 Å². The Labute approximate surface area is 152 Å². The van der Waals surface area contributed by atoms with E-state index in [9.17, 15) is 9.59 Å². The van der Waals surface area contributed by atoms with E-state index in [1.54, 1.807) is 0 Å². The van der Waals surface area contributed by atoms with Crippen molar-refractivity contribution in [3.63, 3.8) is 0 Å². The molecule has 6 nitrogen and oxygen atoms in total. The Hall–Kier alpha value is -0.850. The Bertz CT molecular complexity index is 415. The van der Waals surface area contributed by atoms with E-state index in [0.717, 1.165) is 58.4 Å². The van der Waals surface area contributed by atoms with Gasteiger partial charge in [-0.05, 0) is 25.2 Å². The lowest BCUT2D eigenvalue weighted by Gasteiger charge is -2.27. The number of nitrogens with two attached hydrogens (primary N) is 1. The average Bonchev–Trinajstić information content (AvgIpc) is 3.00. The molecule has 2 rings (SSSR count). The SMILES string of the molecule is CCC(C)C(N)C(=O)N1CCCN(CC(=O)N2CCCC2)CC1.Cl. The number of rotatable bonds is 5. The van der Waals surface area contributed by atoms with E-state index in [1.807, 2.05) is 16.7 Å². The third kappa shape index (κ3) is 5.60. The molecule has 2 saturated heterocycles. The van der Waals surface area contributed by atoms with Crippen molar-refractivity contribution < 1.29 is 9.59 Å². The Morgan fingerprint density at radius 1 is 0.958 bits per heavy atom. The zero-order valence-electron chi connectivity index (χ0n) is 15.1. The first kappa shape index (κ1) is 21.2. The standard InChI is InChI=1S/C17H32N4O2.ClH/c1-3-14(2)16(18)17(23)21-10-6-7-19(11-12-21)13-15(22)20-8-4-5-9-20;/h14,16H,3-13,18H2,1-2H3;1H. The van der Waals surface area contributed by atoms with Crippen molar-refractivity contribution >= 4 is 24.2 Å². The van der Waals surface area contributed by atoms with E-state index in [4.69, 9.17) is 5.73 Å². The van der Waals surface area contributed by atoms with Crippen molar-refractivity contribution in [2.24, 2.45) is 11.7 Å². The first-order chi connectivity index (χ1) is 11.0. The van der Waals surface area contributed by atoms with Crippen molar-refractivity contribution in [3.05, 3.63) is 0 Å². The lowest BCUT2D eigenvalue weighted by atomic mass is 9.99. The molecule has 0 aromatic rings. The quantitative estimate of drug-likeness (QED) is 0.792. The molecule has 2 unspecified atom stereocenters. The summed E-state index contributed by atoms with van der Waals surface area (Å²) in [6.45, 7) is 9.45. The van der Waals surface area contributed by atoms with Gasteiger partial charge < -0.3 is 15.5 Å². The van der Waals surface area contributed by atoms with Gasteiger partial charge in [0.25, 0.3) is 0 Å². The molecule has 0 saturated carbocycles. The van der Waals surface area contributed by atoms with Crippen molar-refractivity contribution in [2.75, 3.05) is 45.8 Å². The molecule has 0 bridgehead atoms. The van der Waals surface area contributed by atoms with Crippen LogP contribution < -0.4 is 5.73 Å². The Balaban J connectivity index is 0.00000288. The summed E-state index contributed by atoms with van der Waals surface area (Å²) in [5.74, 6) is 0.504. The number of likely N-dealkylation sites (tertiary alicyclic amines) is 1. The van der Waals surface area contributed by atoms with Crippen LogP contribution in [0.3, 0.4) is 0 Å². The highest BCUT2D eigenvalue weighted by Gasteiger charge is 2.27. The molecule has 24 heavy (non-hydrogen) atoms. The third-order valence-corrected chi connectivity index (χ3v) is 5.26. The number of halogens is 1. The fourth-order valence-electron chi connectivity index (χ4n) is 3.32. The van der Waals surface area contributed by atoms with E-state index in [1.165, 1.54) is 0 Å². The van der Waals surface area contributed by atoms with Gasteiger partial charge in [0.05, 0.1) is 12.6 Å². The first-order valence-corrected chi connectivity index (χ1v) is 9.07. The lowest BCUT2D eigenvalue weighted by molar-refractivity contribution is -0.133. The van der Waals surface area contributed by atoms with Crippen LogP contribution in [0.2, 0.25) is 0 Å². The minimum atomic E-state index is -0.405. The highest BCUT2D eigenvalue weighted by atomic mass is 35.5. The molecule has 0 spiro atoms. The zero-order valence-corrected chi connectivity index (χ0v) is 15.9. The molecule has 0 aliphatic carbocycles. The molecule has 2 aliphatic rings. The number of hydrogen-bond acceptors (Lipinski definition) is 4. The molecule has 0 aromatic heterocycles. The van der Waals surface area contributed by atoms with Crippen LogP contribution in [-0.2, 0) is 9.59 Å². The Kier molecular flexibility index (Phi) is 9.02. The summed E-state index contributed by atoms with van der Waals surface area (Å²) in [7, 11) is 0. The molecule has 140 valence electrons. The van der Waals surface area contributed by atoms with Crippen molar-refractivity contribution in [1.82, 2.24) is 14.7 Å². The minimum absolute atomic E-state index is 0. The van der Waals surface area contributed by atoms with Crippen molar-refractivity contribution in [1.29, 1.82) is 0 Å². The van der Waals surface area contributed by atoms with Gasteiger partial charge in [0, 0.05) is 39.3 Å². The zero-order chi connectivity index (χ0) is 16.8. The third-order valence-electron chi connectivity index (χ3n) is 5.26. The first-order valence-electron chi connectivity index (χ1n) is 9.07. The highest BCUT2D eigenvalue weighted by Crippen LogP contribution is 2.12. The topological polar surface area (TPSA) is 69.9 Å². The predicted molar refractivity (Wildman–Crippen MR) is 98.1 cm³/mol. The van der Waals surface area contributed by atoms with E-state index < -0.39 is 6.04 Å². The monoisotopic (exact) mass is 360 g/mol. The van der Waals surface area contributed by atoms with Gasteiger partial charge >= 0.3 is 0 Å². The fourth-order valence-corrected chi connectivity index (χ4v) is 3.32. The van der Waals surface area contributed by atoms with Gasteiger partial charge in [0.15, 0.2) is 0 Å². The van der Waals surface area contributed by atoms with Gasteiger partial charge in [-0.2, -0.15) is 0 Å². The van der Waals surface area contributed by atoms with Crippen LogP contribution in [-0.4, -0.2) is 78.4 Å². The molecule has 0 aromatic carbocycles. The number of nitrogens with zero attached hydrogens (tertiary/aromatic N) is 3. The second-order valence-electron chi connectivity index (χ2n) is 6.95. The smallest absolute Gasteiger partial charge is 0.239 e. The van der Waals surface area contributed by atoms with E-state index in [0.29, 0.717) is 13.1 Å². The van der Waals surface area contributed by atoms with Gasteiger partial charge in [-0.25, -0.2) is 0 Å². The van der Waals surface area contributed by atoms with E-state index in [-0.39, 0.29) is 30.1 Å². The summed E-state index contributed by atoms with van der Waals surface area (Å²) in [4.78, 5) is 30.8. The molecule has 2 N–H and O–H groups in total. The number of carbonyl (C=O) groups is 2. The number of carbonyl (C=O) groups excluding carboxylic acids is 2. The maximum Gasteiger partial charge on any atom is 0.239 e. The van der Waals surface area contributed by atoms with Gasteiger partial charge in [-0.3, -0.25) is 14.5 Å². The van der Waals surface area contributed by atoms with Crippen LogP contribution in [0.15, 0.2) is 0 Å². The van der Waals surface area contributed by atoms with Crippen molar-refractivity contribution in [3.8, 4) is 0 Å². The second-order valence-corrected chi connectivity index (χ2v) is 6.95. The average molecular weight is 361 g/mol. The normalized spacial score (nSPS) is 21.8. The largest absolute Gasteiger partial charge is 0.342 e. The Morgan fingerprint density at radius 2 is 1.58 bits per heavy atom. The molecule has 2 heterocycles. The second kappa shape index (κ2) is 10.2. The van der Waals surface area contributed by atoms with E-state index >= 15 is 0 Å². The Morgan fingerprint density at radius 3 is 2.21 bits per heavy atom. The summed E-state index contributed by atoms with van der Waals surface area (Å²) in [6.07, 6.45) is 4.08. The number of hydrogen-bond donors (Lipinski definition) is 1. The number of amides is 2. The summed E-state index contributed by atoms with van der Waals surface area (Å²) in [6, 6.07) is -0.405. The van der Waals surface area contributed by atoms with Crippen molar-refractivity contribution in [2.45, 2.75) is 45.6 Å². The molecular formula is C17H33ClN4O2. The van der Waals surface area contributed by atoms with Crippen LogP contribution in [0, 0.1) is 5.92 Å². The van der Waals surface area contributed by atoms with Crippen LogP contribution >= 0.6 is 12.4 Å². The molecular weight excluding hydrogens is 328 g/mol. The fraction of sp³-hybridized carbons (Fsp3) is 0.882. The molecule has 2 atom stereocenters. The predicted octanol–water partition coefficient (Wildman–Crippen LogP) is 0.938. The molecule has 0 radical (unpaired) electrons. The maximum absolute atomic E-state index is 12.5. The summed E-state index contributed by atoms with van der Waals surface area (Å²) >= 11 is 0. The summed E-state index contributed by atoms with van der Waals surface area (Å²) < 4.78 is 0. The molecule has 2 fully saturated rings. The summed E-state index contributed by atoms with van der Waals surface area (Å²) in [5.41, 5.74) is 6.09. The van der Waals surface area contributed by atoms with Gasteiger partial charge in [0.2, 0.25) is 11.8 Å². The minimum Gasteiger partial charge on any atom is -0.342 e.